The molecule has 0 bridgehead atoms. The molecule has 9 heteroatoms. The Labute approximate surface area is 155 Å². The summed E-state index contributed by atoms with van der Waals surface area (Å²) in [4.78, 5) is 20.0. The van der Waals surface area contributed by atoms with Gasteiger partial charge in [0.2, 0.25) is 0 Å². The van der Waals surface area contributed by atoms with Gasteiger partial charge in [0, 0.05) is 23.5 Å². The number of alkyl halides is 3. The van der Waals surface area contributed by atoms with Crippen molar-refractivity contribution in [3.05, 3.63) is 77.1 Å². The van der Waals surface area contributed by atoms with Gasteiger partial charge in [-0.25, -0.2) is 9.37 Å². The molecule has 0 saturated heterocycles. The van der Waals surface area contributed by atoms with E-state index in [1.54, 1.807) is 0 Å². The molecule has 0 aliphatic rings. The Morgan fingerprint density at radius 3 is 2.52 bits per heavy atom. The fourth-order valence-electron chi connectivity index (χ4n) is 2.45. The van der Waals surface area contributed by atoms with Gasteiger partial charge in [0.05, 0.1) is 17.4 Å². The van der Waals surface area contributed by atoms with Gasteiger partial charge in [-0.05, 0) is 35.9 Å². The summed E-state index contributed by atoms with van der Waals surface area (Å²) in [6, 6.07) is 6.34. The quantitative estimate of drug-likeness (QED) is 0.489. The molecule has 3 aromatic rings. The first-order chi connectivity index (χ1) is 12.8. The third kappa shape index (κ3) is 4.22. The molecule has 2 heterocycles. The number of nitrogens with zero attached hydrogens (tertiary/aromatic N) is 2. The molecule has 138 valence electrons. The van der Waals surface area contributed by atoms with E-state index < -0.39 is 23.5 Å². The van der Waals surface area contributed by atoms with Crippen molar-refractivity contribution in [1.82, 2.24) is 9.97 Å². The highest BCUT2D eigenvalue weighted by atomic mass is 35.5. The standard InChI is InChI=1S/C18H10ClF4N3O/c19-16-7-10(3-6-25-16)17(27)26-15-9-24-5-4-13(15)12-2-1-11(20)8-14(12)18(21,22)23/h1-9H,(H,26,27). The first-order valence-electron chi connectivity index (χ1n) is 7.50. The van der Waals surface area contributed by atoms with Crippen LogP contribution < -0.4 is 5.32 Å². The molecule has 0 radical (unpaired) electrons. The number of anilines is 1. The zero-order chi connectivity index (χ0) is 19.6. The Morgan fingerprint density at radius 1 is 1.04 bits per heavy atom. The molecule has 4 nitrogen and oxygen atoms in total. The first-order valence-corrected chi connectivity index (χ1v) is 7.87. The van der Waals surface area contributed by atoms with Crippen LogP contribution in [0.15, 0.2) is 55.0 Å². The van der Waals surface area contributed by atoms with Crippen LogP contribution >= 0.6 is 11.6 Å². The minimum absolute atomic E-state index is 0.0348. The number of carbonyl (C=O) groups is 1. The normalized spacial score (nSPS) is 11.3. The van der Waals surface area contributed by atoms with E-state index in [0.717, 1.165) is 12.1 Å². The Kier molecular flexibility index (Phi) is 5.09. The van der Waals surface area contributed by atoms with Gasteiger partial charge < -0.3 is 5.32 Å². The summed E-state index contributed by atoms with van der Waals surface area (Å²) in [6.45, 7) is 0. The number of halogens is 5. The summed E-state index contributed by atoms with van der Waals surface area (Å²) in [5.74, 6) is -1.62. The number of amides is 1. The SMILES string of the molecule is O=C(Nc1cnccc1-c1ccc(F)cc1C(F)(F)F)c1ccnc(Cl)c1. The van der Waals surface area contributed by atoms with Crippen molar-refractivity contribution in [2.24, 2.45) is 0 Å². The molecule has 0 saturated carbocycles. The fourth-order valence-corrected chi connectivity index (χ4v) is 2.63. The predicted octanol–water partition coefficient (Wildman–Crippen LogP) is 5.21. The zero-order valence-electron chi connectivity index (χ0n) is 13.4. The summed E-state index contributed by atoms with van der Waals surface area (Å²) in [5, 5.41) is 2.59. The highest BCUT2D eigenvalue weighted by molar-refractivity contribution is 6.29. The van der Waals surface area contributed by atoms with Crippen LogP contribution in [-0.2, 0) is 6.18 Å². The molecule has 1 aromatic carbocycles. The second kappa shape index (κ2) is 7.32. The molecule has 0 unspecified atom stereocenters. The van der Waals surface area contributed by atoms with Crippen LogP contribution in [0, 0.1) is 5.82 Å². The molecule has 2 aromatic heterocycles. The van der Waals surface area contributed by atoms with Gasteiger partial charge in [0.15, 0.2) is 0 Å². The second-order valence-corrected chi connectivity index (χ2v) is 5.82. The van der Waals surface area contributed by atoms with E-state index in [1.807, 2.05) is 0 Å². The number of hydrogen-bond acceptors (Lipinski definition) is 3. The predicted molar refractivity (Wildman–Crippen MR) is 91.8 cm³/mol. The summed E-state index contributed by atoms with van der Waals surface area (Å²) in [7, 11) is 0. The molecule has 0 fully saturated rings. The molecule has 0 atom stereocenters. The van der Waals surface area contributed by atoms with Gasteiger partial charge in [-0.15, -0.1) is 0 Å². The van der Waals surface area contributed by atoms with Crippen LogP contribution in [0.1, 0.15) is 15.9 Å². The van der Waals surface area contributed by atoms with Crippen molar-refractivity contribution in [3.63, 3.8) is 0 Å². The van der Waals surface area contributed by atoms with Gasteiger partial charge in [-0.1, -0.05) is 17.7 Å². The van der Waals surface area contributed by atoms with Crippen LogP contribution in [0.4, 0.5) is 23.2 Å². The van der Waals surface area contributed by atoms with E-state index in [4.69, 9.17) is 11.6 Å². The van der Waals surface area contributed by atoms with Crippen molar-refractivity contribution in [2.45, 2.75) is 6.18 Å². The van der Waals surface area contributed by atoms with Gasteiger partial charge in [-0.3, -0.25) is 9.78 Å². The highest BCUT2D eigenvalue weighted by Gasteiger charge is 2.34. The van der Waals surface area contributed by atoms with Crippen LogP contribution in [0.2, 0.25) is 5.15 Å². The van der Waals surface area contributed by atoms with Gasteiger partial charge in [0.1, 0.15) is 11.0 Å². The first kappa shape index (κ1) is 18.8. The number of pyridine rings is 2. The van der Waals surface area contributed by atoms with Crippen LogP contribution in [0.25, 0.3) is 11.1 Å². The van der Waals surface area contributed by atoms with E-state index in [1.165, 1.54) is 36.8 Å². The minimum atomic E-state index is -4.78. The maximum Gasteiger partial charge on any atom is 0.417 e. The van der Waals surface area contributed by atoms with Crippen molar-refractivity contribution >= 4 is 23.2 Å². The van der Waals surface area contributed by atoms with E-state index in [0.29, 0.717) is 6.07 Å². The molecule has 0 spiro atoms. The minimum Gasteiger partial charge on any atom is -0.320 e. The van der Waals surface area contributed by atoms with Crippen LogP contribution in [-0.4, -0.2) is 15.9 Å². The van der Waals surface area contributed by atoms with Gasteiger partial charge >= 0.3 is 6.18 Å². The topological polar surface area (TPSA) is 54.9 Å². The van der Waals surface area contributed by atoms with E-state index in [9.17, 15) is 22.4 Å². The van der Waals surface area contributed by atoms with E-state index in [-0.39, 0.29) is 27.5 Å². The van der Waals surface area contributed by atoms with E-state index in [2.05, 4.69) is 15.3 Å². The Balaban J connectivity index is 2.04. The van der Waals surface area contributed by atoms with Crippen molar-refractivity contribution < 1.29 is 22.4 Å². The average molecular weight is 396 g/mol. The second-order valence-electron chi connectivity index (χ2n) is 5.43. The highest BCUT2D eigenvalue weighted by Crippen LogP contribution is 2.39. The number of carbonyl (C=O) groups excluding carboxylic acids is 1. The monoisotopic (exact) mass is 395 g/mol. The summed E-state index contributed by atoms with van der Waals surface area (Å²) >= 11 is 5.74. The fraction of sp³-hybridized carbons (Fsp3) is 0.0556. The Morgan fingerprint density at radius 2 is 1.81 bits per heavy atom. The lowest BCUT2D eigenvalue weighted by molar-refractivity contribution is -0.137. The Bertz CT molecular complexity index is 1010. The lowest BCUT2D eigenvalue weighted by atomic mass is 9.98. The lowest BCUT2D eigenvalue weighted by Gasteiger charge is -2.16. The summed E-state index contributed by atoms with van der Waals surface area (Å²) in [6.07, 6.45) is -0.971. The van der Waals surface area contributed by atoms with Gasteiger partial charge in [0.25, 0.3) is 5.91 Å². The van der Waals surface area contributed by atoms with Crippen molar-refractivity contribution in [1.29, 1.82) is 0 Å². The number of hydrogen-bond donors (Lipinski definition) is 1. The van der Waals surface area contributed by atoms with Crippen LogP contribution in [0.5, 0.6) is 0 Å². The number of benzene rings is 1. The average Bonchev–Trinajstić information content (AvgIpc) is 2.61. The molecule has 1 N–H and O–H groups in total. The molecular weight excluding hydrogens is 386 g/mol. The third-order valence-corrected chi connectivity index (χ3v) is 3.84. The summed E-state index contributed by atoms with van der Waals surface area (Å²) in [5.41, 5.74) is -1.19. The number of aromatic nitrogens is 2. The molecule has 0 aliphatic carbocycles. The van der Waals surface area contributed by atoms with Crippen molar-refractivity contribution in [2.75, 3.05) is 5.32 Å². The largest absolute Gasteiger partial charge is 0.417 e. The molecular formula is C18H10ClF4N3O. The zero-order valence-corrected chi connectivity index (χ0v) is 14.1. The molecule has 0 aliphatic heterocycles. The van der Waals surface area contributed by atoms with Crippen molar-refractivity contribution in [3.8, 4) is 11.1 Å². The molecule has 1 amide bonds. The Hall–Kier alpha value is -3.00. The number of rotatable bonds is 3. The van der Waals surface area contributed by atoms with Crippen LogP contribution in [0.3, 0.4) is 0 Å². The maximum atomic E-state index is 13.4. The van der Waals surface area contributed by atoms with E-state index >= 15 is 0 Å². The number of nitrogens with one attached hydrogen (secondary N) is 1. The smallest absolute Gasteiger partial charge is 0.320 e. The summed E-state index contributed by atoms with van der Waals surface area (Å²) < 4.78 is 53.3. The molecule has 27 heavy (non-hydrogen) atoms. The third-order valence-electron chi connectivity index (χ3n) is 3.64. The maximum absolute atomic E-state index is 13.4. The lowest BCUT2D eigenvalue weighted by Crippen LogP contribution is -2.14. The molecule has 3 rings (SSSR count). The van der Waals surface area contributed by atoms with Gasteiger partial charge in [-0.2, -0.15) is 13.2 Å².